The number of aryl methyl sites for hydroxylation is 2. The highest BCUT2D eigenvalue weighted by Crippen LogP contribution is 2.16. The fourth-order valence-corrected chi connectivity index (χ4v) is 1.68. The molecular formula is C14H15NO4. The molecule has 1 N–H and O–H groups in total. The number of benzene rings is 1. The van der Waals surface area contributed by atoms with Crippen LogP contribution < -0.4 is 4.74 Å². The van der Waals surface area contributed by atoms with Crippen molar-refractivity contribution in [2.45, 2.75) is 26.9 Å². The number of oxazole rings is 1. The van der Waals surface area contributed by atoms with Crippen molar-refractivity contribution in [2.75, 3.05) is 0 Å². The van der Waals surface area contributed by atoms with Gasteiger partial charge in [0, 0.05) is 0 Å². The molecule has 0 spiro atoms. The Morgan fingerprint density at radius 1 is 1.37 bits per heavy atom. The van der Waals surface area contributed by atoms with Gasteiger partial charge in [0.15, 0.2) is 6.61 Å². The molecule has 0 bridgehead atoms. The van der Waals surface area contributed by atoms with E-state index in [9.17, 15) is 4.79 Å². The van der Waals surface area contributed by atoms with Gasteiger partial charge in [-0.3, -0.25) is 0 Å². The van der Waals surface area contributed by atoms with E-state index in [1.54, 1.807) is 6.92 Å². The zero-order valence-corrected chi connectivity index (χ0v) is 10.8. The van der Waals surface area contributed by atoms with Crippen LogP contribution in [-0.4, -0.2) is 16.1 Å². The van der Waals surface area contributed by atoms with Crippen LogP contribution in [0.3, 0.4) is 0 Å². The van der Waals surface area contributed by atoms with E-state index in [1.807, 2.05) is 24.3 Å². The highest BCUT2D eigenvalue weighted by atomic mass is 16.5. The number of hydrogen-bond acceptors (Lipinski definition) is 4. The maximum Gasteiger partial charge on any atom is 0.373 e. The van der Waals surface area contributed by atoms with Crippen LogP contribution in [-0.2, 0) is 13.0 Å². The van der Waals surface area contributed by atoms with Crippen molar-refractivity contribution in [3.8, 4) is 5.75 Å². The third-order valence-corrected chi connectivity index (χ3v) is 2.73. The molecule has 0 radical (unpaired) electrons. The van der Waals surface area contributed by atoms with Gasteiger partial charge in [0.05, 0.1) is 5.69 Å². The van der Waals surface area contributed by atoms with E-state index < -0.39 is 5.97 Å². The third-order valence-electron chi connectivity index (χ3n) is 2.73. The molecule has 0 unspecified atom stereocenters. The highest BCUT2D eigenvalue weighted by Gasteiger charge is 2.16. The fourth-order valence-electron chi connectivity index (χ4n) is 1.68. The quantitative estimate of drug-likeness (QED) is 0.895. The van der Waals surface area contributed by atoms with E-state index in [0.29, 0.717) is 11.4 Å². The zero-order chi connectivity index (χ0) is 13.8. The molecule has 1 aromatic heterocycles. The standard InChI is InChI=1S/C14H15NO4/c1-3-10-4-6-11(7-5-10)18-8-12-15-9(2)13(19-12)14(16)17/h4-7H,3,8H2,1-2H3,(H,16,17). The average molecular weight is 261 g/mol. The Balaban J connectivity index is 2.01. The number of carboxylic acid groups (broad SMARTS) is 1. The van der Waals surface area contributed by atoms with Crippen LogP contribution >= 0.6 is 0 Å². The Morgan fingerprint density at radius 3 is 2.58 bits per heavy atom. The summed E-state index contributed by atoms with van der Waals surface area (Å²) in [6.45, 7) is 3.78. The average Bonchev–Trinajstić information content (AvgIpc) is 2.78. The number of nitrogens with zero attached hydrogens (tertiary/aromatic N) is 1. The molecule has 0 aliphatic rings. The lowest BCUT2D eigenvalue weighted by Crippen LogP contribution is -1.96. The normalized spacial score (nSPS) is 10.4. The van der Waals surface area contributed by atoms with Crippen molar-refractivity contribution >= 4 is 5.97 Å². The number of hydrogen-bond donors (Lipinski definition) is 1. The summed E-state index contributed by atoms with van der Waals surface area (Å²) in [5.74, 6) is -0.303. The minimum absolute atomic E-state index is 0.111. The van der Waals surface area contributed by atoms with E-state index in [0.717, 1.165) is 6.42 Å². The number of rotatable bonds is 5. The lowest BCUT2D eigenvalue weighted by atomic mass is 10.2. The summed E-state index contributed by atoms with van der Waals surface area (Å²) >= 11 is 0. The van der Waals surface area contributed by atoms with E-state index in [-0.39, 0.29) is 18.3 Å². The zero-order valence-electron chi connectivity index (χ0n) is 10.8. The van der Waals surface area contributed by atoms with Gasteiger partial charge in [0.2, 0.25) is 11.7 Å². The maximum atomic E-state index is 10.8. The molecule has 1 aromatic carbocycles. The summed E-state index contributed by atoms with van der Waals surface area (Å²) in [7, 11) is 0. The SMILES string of the molecule is CCc1ccc(OCc2nc(C)c(C(=O)O)o2)cc1. The number of carbonyl (C=O) groups is 1. The van der Waals surface area contributed by atoms with Gasteiger partial charge in [-0.2, -0.15) is 0 Å². The Morgan fingerprint density at radius 2 is 2.05 bits per heavy atom. The van der Waals surface area contributed by atoms with Crippen molar-refractivity contribution < 1.29 is 19.1 Å². The van der Waals surface area contributed by atoms with Crippen molar-refractivity contribution in [2.24, 2.45) is 0 Å². The molecule has 1 heterocycles. The van der Waals surface area contributed by atoms with Crippen LogP contribution in [0.5, 0.6) is 5.75 Å². The van der Waals surface area contributed by atoms with Crippen molar-refractivity contribution in [1.82, 2.24) is 4.98 Å². The molecule has 100 valence electrons. The van der Waals surface area contributed by atoms with Gasteiger partial charge < -0.3 is 14.3 Å². The van der Waals surface area contributed by atoms with Gasteiger partial charge >= 0.3 is 5.97 Å². The van der Waals surface area contributed by atoms with Crippen LogP contribution in [0.4, 0.5) is 0 Å². The van der Waals surface area contributed by atoms with Crippen LogP contribution in [0.1, 0.15) is 34.6 Å². The molecule has 5 heteroatoms. The van der Waals surface area contributed by atoms with Gasteiger partial charge in [-0.1, -0.05) is 19.1 Å². The van der Waals surface area contributed by atoms with Crippen molar-refractivity contribution in [1.29, 1.82) is 0 Å². The topological polar surface area (TPSA) is 72.6 Å². The van der Waals surface area contributed by atoms with Gasteiger partial charge in [-0.25, -0.2) is 9.78 Å². The van der Waals surface area contributed by atoms with Crippen LogP contribution in [0, 0.1) is 6.92 Å². The van der Waals surface area contributed by atoms with Gasteiger partial charge in [-0.15, -0.1) is 0 Å². The molecular weight excluding hydrogens is 246 g/mol. The van der Waals surface area contributed by atoms with E-state index in [4.69, 9.17) is 14.3 Å². The van der Waals surface area contributed by atoms with Crippen LogP contribution in [0.2, 0.25) is 0 Å². The van der Waals surface area contributed by atoms with Gasteiger partial charge in [0.1, 0.15) is 5.75 Å². The second-order valence-electron chi connectivity index (χ2n) is 4.11. The second-order valence-corrected chi connectivity index (χ2v) is 4.11. The van der Waals surface area contributed by atoms with Crippen LogP contribution in [0.25, 0.3) is 0 Å². The Hall–Kier alpha value is -2.30. The first-order valence-electron chi connectivity index (χ1n) is 6.01. The first-order valence-corrected chi connectivity index (χ1v) is 6.01. The van der Waals surface area contributed by atoms with E-state index >= 15 is 0 Å². The largest absolute Gasteiger partial charge is 0.484 e. The molecule has 0 saturated heterocycles. The molecule has 5 nitrogen and oxygen atoms in total. The molecule has 19 heavy (non-hydrogen) atoms. The molecule has 0 amide bonds. The summed E-state index contributed by atoms with van der Waals surface area (Å²) in [5, 5.41) is 8.85. The number of carboxylic acids is 1. The number of aromatic nitrogens is 1. The third kappa shape index (κ3) is 3.13. The molecule has 2 rings (SSSR count). The minimum atomic E-state index is -1.12. The minimum Gasteiger partial charge on any atom is -0.484 e. The smallest absolute Gasteiger partial charge is 0.373 e. The Kier molecular flexibility index (Phi) is 3.85. The summed E-state index contributed by atoms with van der Waals surface area (Å²) in [4.78, 5) is 14.8. The fraction of sp³-hybridized carbons (Fsp3) is 0.286. The molecule has 0 aliphatic carbocycles. The van der Waals surface area contributed by atoms with Crippen molar-refractivity contribution in [3.63, 3.8) is 0 Å². The van der Waals surface area contributed by atoms with E-state index in [1.165, 1.54) is 5.56 Å². The lowest BCUT2D eigenvalue weighted by Gasteiger charge is -2.04. The summed E-state index contributed by atoms with van der Waals surface area (Å²) < 4.78 is 10.6. The van der Waals surface area contributed by atoms with Crippen LogP contribution in [0.15, 0.2) is 28.7 Å². The molecule has 2 aromatic rings. The van der Waals surface area contributed by atoms with Gasteiger partial charge in [0.25, 0.3) is 0 Å². The summed E-state index contributed by atoms with van der Waals surface area (Å²) in [5.41, 5.74) is 1.58. The lowest BCUT2D eigenvalue weighted by molar-refractivity contribution is 0.0657. The Bertz CT molecular complexity index is 572. The summed E-state index contributed by atoms with van der Waals surface area (Å²) in [6, 6.07) is 7.71. The number of aromatic carboxylic acids is 1. The molecule has 0 aliphatic heterocycles. The predicted molar refractivity (Wildman–Crippen MR) is 68.4 cm³/mol. The second kappa shape index (κ2) is 5.56. The maximum absolute atomic E-state index is 10.8. The Labute approximate surface area is 110 Å². The highest BCUT2D eigenvalue weighted by molar-refractivity contribution is 5.85. The van der Waals surface area contributed by atoms with Crippen molar-refractivity contribution in [3.05, 3.63) is 47.2 Å². The molecule has 0 fully saturated rings. The summed E-state index contributed by atoms with van der Waals surface area (Å²) in [6.07, 6.45) is 0.973. The predicted octanol–water partition coefficient (Wildman–Crippen LogP) is 2.82. The first kappa shape index (κ1) is 13.1. The first-order chi connectivity index (χ1) is 9.10. The molecule has 0 saturated carbocycles. The monoisotopic (exact) mass is 261 g/mol. The molecule has 0 atom stereocenters. The number of ether oxygens (including phenoxy) is 1. The van der Waals surface area contributed by atoms with Gasteiger partial charge in [-0.05, 0) is 31.0 Å². The van der Waals surface area contributed by atoms with E-state index in [2.05, 4.69) is 11.9 Å².